The van der Waals surface area contributed by atoms with Crippen molar-refractivity contribution in [3.8, 4) is 0 Å². The highest BCUT2D eigenvalue weighted by Gasteiger charge is 2.19. The van der Waals surface area contributed by atoms with Crippen molar-refractivity contribution in [2.45, 2.75) is 13.3 Å². The number of hydrogen-bond acceptors (Lipinski definition) is 3. The van der Waals surface area contributed by atoms with Gasteiger partial charge in [-0.2, -0.15) is 0 Å². The summed E-state index contributed by atoms with van der Waals surface area (Å²) >= 11 is 0. The molecule has 0 spiro atoms. The molecule has 1 N–H and O–H groups in total. The Labute approximate surface area is 92.8 Å². The van der Waals surface area contributed by atoms with Crippen molar-refractivity contribution in [2.24, 2.45) is 4.99 Å². The molecule has 0 aliphatic carbocycles. The van der Waals surface area contributed by atoms with Crippen LogP contribution in [-0.4, -0.2) is 20.7 Å². The number of nitrogens with zero attached hydrogens (tertiary/aromatic N) is 4. The molecule has 0 saturated heterocycles. The van der Waals surface area contributed by atoms with E-state index in [4.69, 9.17) is 0 Å². The van der Waals surface area contributed by atoms with E-state index >= 15 is 0 Å². The Morgan fingerprint density at radius 3 is 2.81 bits per heavy atom. The number of para-hydroxylation sites is 1. The number of aryl methyl sites for hydroxylation is 1. The summed E-state index contributed by atoms with van der Waals surface area (Å²) in [6.45, 7) is 1.91. The summed E-state index contributed by atoms with van der Waals surface area (Å²) in [4.78, 5) is 4.50. The Bertz CT molecular complexity index is 541. The minimum absolute atomic E-state index is 0.704. The summed E-state index contributed by atoms with van der Waals surface area (Å²) in [7, 11) is 0. The van der Waals surface area contributed by atoms with Gasteiger partial charge in [0.2, 0.25) is 0 Å². The number of amidine groups is 1. The second-order valence-electron chi connectivity index (χ2n) is 3.68. The van der Waals surface area contributed by atoms with E-state index < -0.39 is 0 Å². The van der Waals surface area contributed by atoms with Crippen LogP contribution in [0.3, 0.4) is 0 Å². The first-order chi connectivity index (χ1) is 7.83. The third-order valence-electron chi connectivity index (χ3n) is 2.48. The zero-order valence-corrected chi connectivity index (χ0v) is 8.88. The van der Waals surface area contributed by atoms with Gasteiger partial charge in [-0.15, -0.1) is 10.2 Å². The van der Waals surface area contributed by atoms with Gasteiger partial charge in [0.05, 0.1) is 12.1 Å². The molecule has 0 fully saturated rings. The molecular weight excluding hydrogens is 202 g/mol. The molecule has 1 aliphatic heterocycles. The van der Waals surface area contributed by atoms with Crippen LogP contribution in [0.25, 0.3) is 0 Å². The lowest BCUT2D eigenvalue weighted by Crippen LogP contribution is -2.16. The van der Waals surface area contributed by atoms with Gasteiger partial charge in [0.1, 0.15) is 11.7 Å². The van der Waals surface area contributed by atoms with Gasteiger partial charge in [-0.1, -0.05) is 18.2 Å². The molecule has 0 unspecified atom stereocenters. The van der Waals surface area contributed by atoms with Crippen molar-refractivity contribution in [2.75, 3.05) is 5.43 Å². The van der Waals surface area contributed by atoms with Crippen molar-refractivity contribution >= 4 is 11.5 Å². The van der Waals surface area contributed by atoms with E-state index in [1.807, 2.05) is 41.9 Å². The summed E-state index contributed by atoms with van der Waals surface area (Å²) in [6, 6.07) is 9.87. The second kappa shape index (κ2) is 3.44. The Morgan fingerprint density at radius 1 is 1.25 bits per heavy atom. The zero-order chi connectivity index (χ0) is 11.0. The molecule has 0 amide bonds. The molecule has 0 bridgehead atoms. The maximum absolute atomic E-state index is 4.50. The lowest BCUT2D eigenvalue weighted by Gasteiger charge is -2.01. The van der Waals surface area contributed by atoms with E-state index in [1.54, 1.807) is 0 Å². The number of nitrogens with one attached hydrogen (secondary N) is 1. The first-order valence-corrected chi connectivity index (χ1v) is 5.13. The fourth-order valence-electron chi connectivity index (χ4n) is 1.71. The maximum Gasteiger partial charge on any atom is 0.160 e. The number of fused-ring (bicyclic) bond motifs is 1. The summed E-state index contributed by atoms with van der Waals surface area (Å²) in [6.07, 6.45) is 0.704. The molecule has 1 aromatic carbocycles. The average Bonchev–Trinajstić information content (AvgIpc) is 2.83. The van der Waals surface area contributed by atoms with Crippen LogP contribution in [-0.2, 0) is 6.42 Å². The first-order valence-electron chi connectivity index (χ1n) is 5.13. The van der Waals surface area contributed by atoms with Crippen LogP contribution in [0.15, 0.2) is 35.3 Å². The normalized spacial score (nSPS) is 16.2. The topological polar surface area (TPSA) is 55.1 Å². The van der Waals surface area contributed by atoms with E-state index in [9.17, 15) is 0 Å². The lowest BCUT2D eigenvalue weighted by atomic mass is 10.3. The highest BCUT2D eigenvalue weighted by Crippen LogP contribution is 2.14. The largest absolute Gasteiger partial charge is 0.278 e. The van der Waals surface area contributed by atoms with Gasteiger partial charge in [0.15, 0.2) is 5.82 Å². The molecule has 0 radical (unpaired) electrons. The first kappa shape index (κ1) is 9.08. The van der Waals surface area contributed by atoms with Crippen molar-refractivity contribution in [3.63, 3.8) is 0 Å². The third kappa shape index (κ3) is 1.46. The highest BCUT2D eigenvalue weighted by molar-refractivity contribution is 5.94. The second-order valence-corrected chi connectivity index (χ2v) is 3.68. The minimum atomic E-state index is 0.704. The molecule has 16 heavy (non-hydrogen) atoms. The van der Waals surface area contributed by atoms with E-state index in [2.05, 4.69) is 20.6 Å². The van der Waals surface area contributed by atoms with Gasteiger partial charge in [-0.25, -0.2) is 9.67 Å². The van der Waals surface area contributed by atoms with Crippen LogP contribution in [0.4, 0.5) is 5.69 Å². The Morgan fingerprint density at radius 2 is 2.06 bits per heavy atom. The fourth-order valence-corrected chi connectivity index (χ4v) is 1.71. The molecule has 0 saturated carbocycles. The van der Waals surface area contributed by atoms with E-state index in [0.29, 0.717) is 6.42 Å². The summed E-state index contributed by atoms with van der Waals surface area (Å²) < 4.78 is 1.86. The number of benzene rings is 1. The molecule has 2 heterocycles. The van der Waals surface area contributed by atoms with Crippen molar-refractivity contribution in [1.29, 1.82) is 0 Å². The van der Waals surface area contributed by atoms with Crippen molar-refractivity contribution in [1.82, 2.24) is 14.9 Å². The van der Waals surface area contributed by atoms with Gasteiger partial charge < -0.3 is 0 Å². The van der Waals surface area contributed by atoms with Crippen LogP contribution in [0, 0.1) is 6.92 Å². The predicted molar refractivity (Wildman–Crippen MR) is 61.4 cm³/mol. The van der Waals surface area contributed by atoms with Gasteiger partial charge >= 0.3 is 0 Å². The summed E-state index contributed by atoms with van der Waals surface area (Å²) in [5, 5.41) is 8.03. The molecule has 1 aliphatic rings. The molecule has 5 nitrogen and oxygen atoms in total. The molecule has 3 rings (SSSR count). The maximum atomic E-state index is 4.50. The van der Waals surface area contributed by atoms with E-state index in [-0.39, 0.29) is 0 Å². The molecular formula is C11H11N5. The predicted octanol–water partition coefficient (Wildman–Crippen LogP) is 1.42. The summed E-state index contributed by atoms with van der Waals surface area (Å²) in [5.41, 5.74) is 4.12. The van der Waals surface area contributed by atoms with Crippen LogP contribution >= 0.6 is 0 Å². The van der Waals surface area contributed by atoms with Crippen LogP contribution in [0.1, 0.15) is 11.6 Å². The SMILES string of the molecule is Cc1nnc2n1NC(=Nc1ccccc1)C2. The zero-order valence-electron chi connectivity index (χ0n) is 8.88. The molecule has 0 atom stereocenters. The van der Waals surface area contributed by atoms with E-state index in [1.165, 1.54) is 0 Å². The summed E-state index contributed by atoms with van der Waals surface area (Å²) in [5.74, 6) is 2.67. The fraction of sp³-hybridized carbons (Fsp3) is 0.182. The standard InChI is InChI=1S/C11H11N5/c1-8-13-14-11-7-10(15-16(8)11)12-9-5-3-2-4-6-9/h2-6H,7H2,1H3,(H,12,15). The van der Waals surface area contributed by atoms with Crippen LogP contribution in [0.5, 0.6) is 0 Å². The Hall–Kier alpha value is -2.17. The monoisotopic (exact) mass is 213 g/mol. The van der Waals surface area contributed by atoms with E-state index in [0.717, 1.165) is 23.2 Å². The third-order valence-corrected chi connectivity index (χ3v) is 2.48. The van der Waals surface area contributed by atoms with Crippen molar-refractivity contribution in [3.05, 3.63) is 42.0 Å². The van der Waals surface area contributed by atoms with Gasteiger partial charge in [-0.3, -0.25) is 5.43 Å². The van der Waals surface area contributed by atoms with Crippen LogP contribution < -0.4 is 5.43 Å². The Balaban J connectivity index is 1.89. The van der Waals surface area contributed by atoms with Crippen LogP contribution in [0.2, 0.25) is 0 Å². The quantitative estimate of drug-likeness (QED) is 0.779. The molecule has 80 valence electrons. The molecule has 1 aromatic heterocycles. The lowest BCUT2D eigenvalue weighted by molar-refractivity contribution is 0.906. The molecule has 2 aromatic rings. The molecule has 5 heteroatoms. The van der Waals surface area contributed by atoms with Gasteiger partial charge in [0.25, 0.3) is 0 Å². The number of aliphatic imine (C=N–C) groups is 1. The number of aromatic nitrogens is 3. The van der Waals surface area contributed by atoms with Crippen molar-refractivity contribution < 1.29 is 0 Å². The van der Waals surface area contributed by atoms with Gasteiger partial charge in [-0.05, 0) is 19.1 Å². The smallest absolute Gasteiger partial charge is 0.160 e. The number of rotatable bonds is 1. The highest BCUT2D eigenvalue weighted by atomic mass is 15.5. The minimum Gasteiger partial charge on any atom is -0.278 e. The van der Waals surface area contributed by atoms with Gasteiger partial charge in [0, 0.05) is 0 Å². The Kier molecular flexibility index (Phi) is 1.96. The number of hydrogen-bond donors (Lipinski definition) is 1. The average molecular weight is 213 g/mol.